The molecule has 140 valence electrons. The average Bonchev–Trinajstić information content (AvgIpc) is 2.94. The molecular weight excluding hydrogens is 344 g/mol. The highest BCUT2D eigenvalue weighted by molar-refractivity contribution is 5.94. The Kier molecular flexibility index (Phi) is 5.57. The van der Waals surface area contributed by atoms with E-state index in [1.807, 2.05) is 37.3 Å². The third kappa shape index (κ3) is 4.35. The number of carbonyl (C=O) groups excluding carboxylic acids is 1. The quantitative estimate of drug-likeness (QED) is 0.653. The van der Waals surface area contributed by atoms with Crippen LogP contribution in [0.25, 0.3) is 5.69 Å². The number of Topliss-reactive ketones (excluding diaryl/α,β-unsaturated/α-hetero) is 1. The van der Waals surface area contributed by atoms with Gasteiger partial charge >= 0.3 is 5.69 Å². The molecule has 1 unspecified atom stereocenters. The summed E-state index contributed by atoms with van der Waals surface area (Å²) < 4.78 is 8.55. The first kappa shape index (κ1) is 18.7. The molecule has 0 fully saturated rings. The molecule has 0 radical (unpaired) electrons. The van der Waals surface area contributed by atoms with E-state index in [2.05, 4.69) is 0 Å². The van der Waals surface area contributed by atoms with Gasteiger partial charge in [0.2, 0.25) is 0 Å². The van der Waals surface area contributed by atoms with Gasteiger partial charge in [-0.05, 0) is 50.2 Å². The van der Waals surface area contributed by atoms with Gasteiger partial charge in [-0.3, -0.25) is 13.9 Å². The van der Waals surface area contributed by atoms with Gasteiger partial charge in [0.15, 0.2) is 5.78 Å². The van der Waals surface area contributed by atoms with E-state index in [1.54, 1.807) is 35.0 Å². The second-order valence-corrected chi connectivity index (χ2v) is 6.42. The Hall–Kier alpha value is -3.12. The smallest absolute Gasteiger partial charge is 0.333 e. The summed E-state index contributed by atoms with van der Waals surface area (Å²) in [6.45, 7) is 3.55. The van der Waals surface area contributed by atoms with Crippen molar-refractivity contribution in [2.24, 2.45) is 0 Å². The molecule has 3 rings (SSSR count). The Labute approximate surface area is 157 Å². The maximum atomic E-state index is 12.7. The standard InChI is InChI=1S/C21H22N2O4/c1-15-12-22(13-19(25)14-27-20-6-4-3-5-7-20)21(26)23(15)18-10-8-17(9-11-18)16(2)24/h3-12,19,25H,13-14H2,1-2H3. The minimum absolute atomic E-state index is 0.0234. The summed E-state index contributed by atoms with van der Waals surface area (Å²) in [5.41, 5.74) is 1.77. The summed E-state index contributed by atoms with van der Waals surface area (Å²) in [5.74, 6) is 0.646. The first-order chi connectivity index (χ1) is 13.0. The van der Waals surface area contributed by atoms with E-state index in [-0.39, 0.29) is 24.6 Å². The number of aliphatic hydroxyl groups excluding tert-OH is 1. The molecule has 0 saturated heterocycles. The lowest BCUT2D eigenvalue weighted by Gasteiger charge is -2.12. The number of aromatic nitrogens is 2. The number of aliphatic hydroxyl groups is 1. The van der Waals surface area contributed by atoms with Crippen molar-refractivity contribution in [2.45, 2.75) is 26.5 Å². The molecular formula is C21H22N2O4. The Morgan fingerprint density at radius 3 is 2.41 bits per heavy atom. The van der Waals surface area contributed by atoms with Crippen LogP contribution in [0.3, 0.4) is 0 Å². The highest BCUT2D eigenvalue weighted by atomic mass is 16.5. The minimum atomic E-state index is -0.821. The SMILES string of the molecule is CC(=O)c1ccc(-n2c(C)cn(CC(O)COc3ccccc3)c2=O)cc1. The first-order valence-electron chi connectivity index (χ1n) is 8.72. The van der Waals surface area contributed by atoms with Crippen molar-refractivity contribution in [2.75, 3.05) is 6.61 Å². The molecule has 2 aromatic carbocycles. The Morgan fingerprint density at radius 1 is 1.11 bits per heavy atom. The Balaban J connectivity index is 1.73. The molecule has 1 atom stereocenters. The molecule has 27 heavy (non-hydrogen) atoms. The van der Waals surface area contributed by atoms with Gasteiger partial charge in [0.05, 0.1) is 12.2 Å². The topological polar surface area (TPSA) is 73.5 Å². The summed E-state index contributed by atoms with van der Waals surface area (Å²) in [5, 5.41) is 10.2. The lowest BCUT2D eigenvalue weighted by atomic mass is 10.1. The molecule has 1 heterocycles. The molecule has 0 saturated carbocycles. The second-order valence-electron chi connectivity index (χ2n) is 6.42. The molecule has 0 bridgehead atoms. The van der Waals surface area contributed by atoms with Crippen LogP contribution in [0.5, 0.6) is 5.75 Å². The fourth-order valence-electron chi connectivity index (χ4n) is 2.90. The van der Waals surface area contributed by atoms with Crippen LogP contribution in [0.4, 0.5) is 0 Å². The number of ketones is 1. The van der Waals surface area contributed by atoms with Crippen molar-refractivity contribution >= 4 is 5.78 Å². The van der Waals surface area contributed by atoms with Crippen molar-refractivity contribution in [1.29, 1.82) is 0 Å². The molecule has 0 spiro atoms. The van der Waals surface area contributed by atoms with Gasteiger partial charge in [0.25, 0.3) is 0 Å². The zero-order valence-electron chi connectivity index (χ0n) is 15.3. The largest absolute Gasteiger partial charge is 0.491 e. The summed E-state index contributed by atoms with van der Waals surface area (Å²) >= 11 is 0. The van der Waals surface area contributed by atoms with E-state index >= 15 is 0 Å². The minimum Gasteiger partial charge on any atom is -0.491 e. The van der Waals surface area contributed by atoms with Crippen LogP contribution < -0.4 is 10.4 Å². The molecule has 1 aromatic heterocycles. The monoisotopic (exact) mass is 366 g/mol. The van der Waals surface area contributed by atoms with Gasteiger partial charge in [-0.25, -0.2) is 4.79 Å². The number of carbonyl (C=O) groups is 1. The number of benzene rings is 2. The van der Waals surface area contributed by atoms with E-state index in [0.29, 0.717) is 17.0 Å². The Bertz CT molecular complexity index is 972. The van der Waals surface area contributed by atoms with Gasteiger partial charge < -0.3 is 9.84 Å². The first-order valence-corrected chi connectivity index (χ1v) is 8.72. The number of hydrogen-bond donors (Lipinski definition) is 1. The third-order valence-electron chi connectivity index (χ3n) is 4.26. The zero-order chi connectivity index (χ0) is 19.4. The predicted molar refractivity (Wildman–Crippen MR) is 103 cm³/mol. The number of imidazole rings is 1. The summed E-state index contributed by atoms with van der Waals surface area (Å²) in [4.78, 5) is 24.1. The maximum Gasteiger partial charge on any atom is 0.333 e. The van der Waals surface area contributed by atoms with Crippen LogP contribution in [-0.2, 0) is 6.54 Å². The predicted octanol–water partition coefficient (Wildman–Crippen LogP) is 2.59. The number of nitrogens with zero attached hydrogens (tertiary/aromatic N) is 2. The van der Waals surface area contributed by atoms with Crippen LogP contribution in [0.1, 0.15) is 23.0 Å². The lowest BCUT2D eigenvalue weighted by molar-refractivity contribution is 0.0916. The van der Waals surface area contributed by atoms with Crippen LogP contribution in [-0.4, -0.2) is 32.7 Å². The highest BCUT2D eigenvalue weighted by Crippen LogP contribution is 2.12. The van der Waals surface area contributed by atoms with Crippen LogP contribution >= 0.6 is 0 Å². The van der Waals surface area contributed by atoms with E-state index in [9.17, 15) is 14.7 Å². The fraction of sp³-hybridized carbons (Fsp3) is 0.238. The van der Waals surface area contributed by atoms with Crippen molar-refractivity contribution in [3.63, 3.8) is 0 Å². The van der Waals surface area contributed by atoms with Gasteiger partial charge in [-0.2, -0.15) is 0 Å². The van der Waals surface area contributed by atoms with E-state index in [0.717, 1.165) is 5.69 Å². The number of aryl methyl sites for hydroxylation is 1. The molecule has 0 aliphatic rings. The van der Waals surface area contributed by atoms with E-state index < -0.39 is 6.10 Å². The molecule has 0 aliphatic carbocycles. The van der Waals surface area contributed by atoms with E-state index in [4.69, 9.17) is 4.74 Å². The molecule has 6 nitrogen and oxygen atoms in total. The molecule has 3 aromatic rings. The second kappa shape index (κ2) is 8.05. The van der Waals surface area contributed by atoms with E-state index in [1.165, 1.54) is 11.5 Å². The van der Waals surface area contributed by atoms with Gasteiger partial charge in [-0.1, -0.05) is 18.2 Å². The number of ether oxygens (including phenoxy) is 1. The Morgan fingerprint density at radius 2 is 1.78 bits per heavy atom. The van der Waals surface area contributed by atoms with Crippen LogP contribution in [0.15, 0.2) is 65.6 Å². The molecule has 0 amide bonds. The van der Waals surface area contributed by atoms with Crippen LogP contribution in [0.2, 0.25) is 0 Å². The summed E-state index contributed by atoms with van der Waals surface area (Å²) in [7, 11) is 0. The zero-order valence-corrected chi connectivity index (χ0v) is 15.3. The molecule has 0 aliphatic heterocycles. The number of hydrogen-bond acceptors (Lipinski definition) is 4. The van der Waals surface area contributed by atoms with Crippen LogP contribution in [0, 0.1) is 6.92 Å². The van der Waals surface area contributed by atoms with Crippen molar-refractivity contribution in [3.8, 4) is 11.4 Å². The van der Waals surface area contributed by atoms with Crippen molar-refractivity contribution < 1.29 is 14.6 Å². The highest BCUT2D eigenvalue weighted by Gasteiger charge is 2.14. The van der Waals surface area contributed by atoms with Crippen molar-refractivity contribution in [3.05, 3.63) is 82.5 Å². The summed E-state index contributed by atoms with van der Waals surface area (Å²) in [6, 6.07) is 16.1. The maximum absolute atomic E-state index is 12.7. The number of para-hydroxylation sites is 1. The molecule has 1 N–H and O–H groups in total. The normalized spacial score (nSPS) is 12.0. The lowest BCUT2D eigenvalue weighted by Crippen LogP contribution is -2.30. The summed E-state index contributed by atoms with van der Waals surface area (Å²) in [6.07, 6.45) is 0.880. The molecule has 6 heteroatoms. The average molecular weight is 366 g/mol. The fourth-order valence-corrected chi connectivity index (χ4v) is 2.90. The van der Waals surface area contributed by atoms with Gasteiger partial charge in [-0.15, -0.1) is 0 Å². The van der Waals surface area contributed by atoms with Gasteiger partial charge in [0.1, 0.15) is 18.5 Å². The van der Waals surface area contributed by atoms with Gasteiger partial charge in [0, 0.05) is 17.5 Å². The number of rotatable bonds is 7. The van der Waals surface area contributed by atoms with Crippen molar-refractivity contribution in [1.82, 2.24) is 9.13 Å². The third-order valence-corrected chi connectivity index (χ3v) is 4.26.